The minimum Gasteiger partial charge on any atom is -0.497 e. The Morgan fingerprint density at radius 3 is 2.70 bits per heavy atom. The zero-order valence-electron chi connectivity index (χ0n) is 11.7. The minimum atomic E-state index is 0.0106. The van der Waals surface area contributed by atoms with Gasteiger partial charge in [-0.2, -0.15) is 0 Å². The molecular formula is C16H16BrNO2. The van der Waals surface area contributed by atoms with Crippen LogP contribution in [0.2, 0.25) is 0 Å². The van der Waals surface area contributed by atoms with Crippen molar-refractivity contribution in [3.05, 3.63) is 57.3 Å². The van der Waals surface area contributed by atoms with Crippen molar-refractivity contribution in [1.82, 2.24) is 4.98 Å². The van der Waals surface area contributed by atoms with Crippen LogP contribution in [-0.4, -0.2) is 17.9 Å². The molecule has 1 heterocycles. The molecule has 0 saturated heterocycles. The molecule has 1 aromatic carbocycles. The van der Waals surface area contributed by atoms with E-state index in [4.69, 9.17) is 4.74 Å². The molecule has 0 atom stereocenters. The third kappa shape index (κ3) is 3.25. The van der Waals surface area contributed by atoms with Crippen molar-refractivity contribution in [3.63, 3.8) is 0 Å². The largest absolute Gasteiger partial charge is 0.497 e. The second-order valence-electron chi connectivity index (χ2n) is 4.74. The lowest BCUT2D eigenvalue weighted by molar-refractivity contribution is 0.0987. The molecule has 0 radical (unpaired) electrons. The van der Waals surface area contributed by atoms with E-state index in [0.29, 0.717) is 12.1 Å². The minimum absolute atomic E-state index is 0.0106. The summed E-state index contributed by atoms with van der Waals surface area (Å²) in [7, 11) is 1.61. The molecule has 3 nitrogen and oxygen atoms in total. The number of nitrogens with zero attached hydrogens (tertiary/aromatic N) is 1. The van der Waals surface area contributed by atoms with Gasteiger partial charge in [0.05, 0.1) is 7.11 Å². The quantitative estimate of drug-likeness (QED) is 0.796. The van der Waals surface area contributed by atoms with E-state index >= 15 is 0 Å². The highest BCUT2D eigenvalue weighted by Gasteiger charge is 2.14. The Bertz CT molecular complexity index is 653. The van der Waals surface area contributed by atoms with Gasteiger partial charge in [-0.3, -0.25) is 9.78 Å². The number of hydrogen-bond donors (Lipinski definition) is 0. The Labute approximate surface area is 127 Å². The van der Waals surface area contributed by atoms with Crippen LogP contribution in [0.3, 0.4) is 0 Å². The molecule has 0 bridgehead atoms. The van der Waals surface area contributed by atoms with Crippen molar-refractivity contribution >= 4 is 21.7 Å². The van der Waals surface area contributed by atoms with Gasteiger partial charge in [-0.25, -0.2) is 0 Å². The van der Waals surface area contributed by atoms with Crippen molar-refractivity contribution in [2.24, 2.45) is 0 Å². The second kappa shape index (κ2) is 6.18. The van der Waals surface area contributed by atoms with Crippen LogP contribution in [0.5, 0.6) is 5.75 Å². The molecule has 0 aliphatic rings. The van der Waals surface area contributed by atoms with Gasteiger partial charge in [0, 0.05) is 17.1 Å². The number of Topliss-reactive ketones (excluding diaryl/α,β-unsaturated/α-hetero) is 1. The summed E-state index contributed by atoms with van der Waals surface area (Å²) < 4.78 is 6.09. The number of halogens is 1. The predicted octanol–water partition coefficient (Wildman–Crippen LogP) is 3.89. The van der Waals surface area contributed by atoms with Gasteiger partial charge >= 0.3 is 0 Å². The number of methoxy groups -OCH3 is 1. The first-order valence-electron chi connectivity index (χ1n) is 6.30. The Morgan fingerprint density at radius 1 is 1.30 bits per heavy atom. The van der Waals surface area contributed by atoms with Crippen LogP contribution >= 0.6 is 15.9 Å². The molecular weight excluding hydrogens is 318 g/mol. The summed E-state index contributed by atoms with van der Waals surface area (Å²) in [5.74, 6) is 0.751. The normalized spacial score (nSPS) is 10.4. The first kappa shape index (κ1) is 14.7. The number of aromatic nitrogens is 1. The third-order valence-electron chi connectivity index (χ3n) is 3.08. The number of rotatable bonds is 4. The van der Waals surface area contributed by atoms with E-state index in [9.17, 15) is 4.79 Å². The van der Waals surface area contributed by atoms with Gasteiger partial charge in [0.1, 0.15) is 11.4 Å². The standard InChI is InChI=1S/C16H16BrNO2/c1-10-6-11(2)16(18-9-10)15(19)8-12-7-13(20-3)4-5-14(12)17/h4-7,9H,8H2,1-3H3. The van der Waals surface area contributed by atoms with E-state index in [1.54, 1.807) is 13.3 Å². The van der Waals surface area contributed by atoms with Crippen molar-refractivity contribution in [2.75, 3.05) is 7.11 Å². The lowest BCUT2D eigenvalue weighted by atomic mass is 10.0. The first-order valence-corrected chi connectivity index (χ1v) is 7.09. The van der Waals surface area contributed by atoms with Crippen LogP contribution in [0.4, 0.5) is 0 Å². The predicted molar refractivity (Wildman–Crippen MR) is 82.4 cm³/mol. The summed E-state index contributed by atoms with van der Waals surface area (Å²) in [5.41, 5.74) is 3.40. The number of aryl methyl sites for hydroxylation is 2. The highest BCUT2D eigenvalue weighted by molar-refractivity contribution is 9.10. The first-order chi connectivity index (χ1) is 9.51. The van der Waals surface area contributed by atoms with E-state index in [1.165, 1.54) is 0 Å². The average Bonchev–Trinajstić information content (AvgIpc) is 2.41. The number of ketones is 1. The molecule has 0 aliphatic heterocycles. The molecule has 104 valence electrons. The molecule has 0 fully saturated rings. The SMILES string of the molecule is COc1ccc(Br)c(CC(=O)c2ncc(C)cc2C)c1. The van der Waals surface area contributed by atoms with E-state index in [1.807, 2.05) is 38.1 Å². The molecule has 20 heavy (non-hydrogen) atoms. The van der Waals surface area contributed by atoms with Gasteiger partial charge < -0.3 is 4.74 Å². The molecule has 0 amide bonds. The fourth-order valence-electron chi connectivity index (χ4n) is 2.08. The van der Waals surface area contributed by atoms with Gasteiger partial charge in [0.2, 0.25) is 0 Å². The van der Waals surface area contributed by atoms with Gasteiger partial charge in [0.25, 0.3) is 0 Å². The third-order valence-corrected chi connectivity index (χ3v) is 3.86. The number of ether oxygens (including phenoxy) is 1. The molecule has 2 rings (SSSR count). The molecule has 0 spiro atoms. The van der Waals surface area contributed by atoms with Gasteiger partial charge in [0.15, 0.2) is 5.78 Å². The molecule has 0 saturated carbocycles. The maximum Gasteiger partial charge on any atom is 0.185 e. The van der Waals surface area contributed by atoms with E-state index in [0.717, 1.165) is 26.9 Å². The number of carbonyl (C=O) groups is 1. The molecule has 4 heteroatoms. The van der Waals surface area contributed by atoms with Gasteiger partial charge in [-0.05, 0) is 48.7 Å². The summed E-state index contributed by atoms with van der Waals surface area (Å²) in [6.45, 7) is 3.88. The summed E-state index contributed by atoms with van der Waals surface area (Å²) in [6, 6.07) is 7.58. The average molecular weight is 334 g/mol. The number of hydrogen-bond acceptors (Lipinski definition) is 3. The number of carbonyl (C=O) groups excluding carboxylic acids is 1. The molecule has 1 aromatic heterocycles. The lowest BCUT2D eigenvalue weighted by Crippen LogP contribution is -2.09. The molecule has 0 unspecified atom stereocenters. The summed E-state index contributed by atoms with van der Waals surface area (Å²) in [5, 5.41) is 0. The highest BCUT2D eigenvalue weighted by Crippen LogP contribution is 2.24. The van der Waals surface area contributed by atoms with E-state index in [2.05, 4.69) is 20.9 Å². The van der Waals surface area contributed by atoms with Crippen molar-refractivity contribution < 1.29 is 9.53 Å². The van der Waals surface area contributed by atoms with Crippen LogP contribution < -0.4 is 4.74 Å². The zero-order chi connectivity index (χ0) is 14.7. The second-order valence-corrected chi connectivity index (χ2v) is 5.59. The van der Waals surface area contributed by atoms with Crippen LogP contribution in [0.1, 0.15) is 27.2 Å². The summed E-state index contributed by atoms with van der Waals surface area (Å²) in [4.78, 5) is 16.6. The Balaban J connectivity index is 2.27. The highest BCUT2D eigenvalue weighted by atomic mass is 79.9. The van der Waals surface area contributed by atoms with E-state index < -0.39 is 0 Å². The Kier molecular flexibility index (Phi) is 4.55. The fraction of sp³-hybridized carbons (Fsp3) is 0.250. The zero-order valence-corrected chi connectivity index (χ0v) is 13.3. The van der Waals surface area contributed by atoms with Crippen molar-refractivity contribution in [1.29, 1.82) is 0 Å². The maximum atomic E-state index is 12.4. The van der Waals surface area contributed by atoms with Crippen LogP contribution in [0.15, 0.2) is 34.9 Å². The van der Waals surface area contributed by atoms with Crippen molar-refractivity contribution in [2.45, 2.75) is 20.3 Å². The molecule has 0 aliphatic carbocycles. The van der Waals surface area contributed by atoms with Gasteiger partial charge in [-0.15, -0.1) is 0 Å². The Hall–Kier alpha value is -1.68. The lowest BCUT2D eigenvalue weighted by Gasteiger charge is -2.08. The van der Waals surface area contributed by atoms with Crippen LogP contribution in [0.25, 0.3) is 0 Å². The maximum absolute atomic E-state index is 12.4. The van der Waals surface area contributed by atoms with Crippen molar-refractivity contribution in [3.8, 4) is 5.75 Å². The monoisotopic (exact) mass is 333 g/mol. The summed E-state index contributed by atoms with van der Waals surface area (Å²) >= 11 is 3.46. The molecule has 0 N–H and O–H groups in total. The van der Waals surface area contributed by atoms with Crippen LogP contribution in [-0.2, 0) is 6.42 Å². The number of pyridine rings is 1. The van der Waals surface area contributed by atoms with Gasteiger partial charge in [-0.1, -0.05) is 22.0 Å². The topological polar surface area (TPSA) is 39.2 Å². The Morgan fingerprint density at radius 2 is 2.05 bits per heavy atom. The molecule has 2 aromatic rings. The smallest absolute Gasteiger partial charge is 0.185 e. The number of benzene rings is 1. The van der Waals surface area contributed by atoms with Crippen LogP contribution in [0, 0.1) is 13.8 Å². The fourth-order valence-corrected chi connectivity index (χ4v) is 2.46. The summed E-state index contributed by atoms with van der Waals surface area (Å²) in [6.07, 6.45) is 2.02. The van der Waals surface area contributed by atoms with E-state index in [-0.39, 0.29) is 5.78 Å².